The highest BCUT2D eigenvalue weighted by molar-refractivity contribution is 6.30. The van der Waals surface area contributed by atoms with Gasteiger partial charge in [0.1, 0.15) is 0 Å². The topological polar surface area (TPSA) is 26.3 Å². The molecule has 0 fully saturated rings. The van der Waals surface area contributed by atoms with E-state index in [1.807, 2.05) is 12.1 Å². The van der Waals surface area contributed by atoms with Crippen molar-refractivity contribution in [3.63, 3.8) is 0 Å². The monoisotopic (exact) mass is 238 g/mol. The number of carbonyl (C=O) groups excluding carboxylic acids is 1. The Hall–Kier alpha value is -1.28. The summed E-state index contributed by atoms with van der Waals surface area (Å²) in [6, 6.07) is 7.26. The molecule has 0 saturated heterocycles. The van der Waals surface area contributed by atoms with Crippen LogP contribution in [0.25, 0.3) is 0 Å². The van der Waals surface area contributed by atoms with Gasteiger partial charge in [-0.05, 0) is 31.0 Å². The van der Waals surface area contributed by atoms with Crippen molar-refractivity contribution in [3.05, 3.63) is 47.5 Å². The van der Waals surface area contributed by atoms with E-state index in [0.717, 1.165) is 5.56 Å². The van der Waals surface area contributed by atoms with Gasteiger partial charge in [0, 0.05) is 5.02 Å². The van der Waals surface area contributed by atoms with Crippen LogP contribution in [0, 0.1) is 0 Å². The van der Waals surface area contributed by atoms with E-state index in [1.54, 1.807) is 25.1 Å². The van der Waals surface area contributed by atoms with Gasteiger partial charge in [-0.25, -0.2) is 0 Å². The molecule has 3 heteroatoms. The van der Waals surface area contributed by atoms with E-state index in [9.17, 15) is 4.79 Å². The van der Waals surface area contributed by atoms with Gasteiger partial charge in [0.05, 0.1) is 12.5 Å². The lowest BCUT2D eigenvalue weighted by Gasteiger charge is -2.14. The van der Waals surface area contributed by atoms with Gasteiger partial charge in [0.25, 0.3) is 0 Å². The van der Waals surface area contributed by atoms with Gasteiger partial charge < -0.3 is 4.74 Å². The van der Waals surface area contributed by atoms with Crippen LogP contribution in [0.5, 0.6) is 0 Å². The van der Waals surface area contributed by atoms with Gasteiger partial charge in [-0.1, -0.05) is 29.8 Å². The van der Waals surface area contributed by atoms with E-state index in [4.69, 9.17) is 16.3 Å². The van der Waals surface area contributed by atoms with E-state index in [-0.39, 0.29) is 11.9 Å². The fraction of sp³-hybridized carbons (Fsp3) is 0.308. The molecule has 1 rings (SSSR count). The molecule has 0 aliphatic heterocycles. The zero-order valence-electron chi connectivity index (χ0n) is 9.28. The van der Waals surface area contributed by atoms with Gasteiger partial charge in [0.2, 0.25) is 0 Å². The van der Waals surface area contributed by atoms with Gasteiger partial charge in [-0.3, -0.25) is 4.79 Å². The second-order valence-corrected chi connectivity index (χ2v) is 3.82. The summed E-state index contributed by atoms with van der Waals surface area (Å²) in [7, 11) is 0. The molecule has 0 radical (unpaired) electrons. The Morgan fingerprint density at radius 2 is 2.38 bits per heavy atom. The Morgan fingerprint density at radius 1 is 1.62 bits per heavy atom. The number of ether oxygens (including phenoxy) is 1. The van der Waals surface area contributed by atoms with Crippen LogP contribution >= 0.6 is 11.6 Å². The quantitative estimate of drug-likeness (QED) is 0.579. The maximum atomic E-state index is 11.7. The average molecular weight is 239 g/mol. The molecule has 1 unspecified atom stereocenters. The molecule has 0 aliphatic rings. The maximum absolute atomic E-state index is 11.7. The van der Waals surface area contributed by atoms with Crippen LogP contribution in [0.1, 0.15) is 24.8 Å². The molecule has 0 aliphatic carbocycles. The molecular weight excluding hydrogens is 224 g/mol. The van der Waals surface area contributed by atoms with Crippen LogP contribution in [0.4, 0.5) is 0 Å². The van der Waals surface area contributed by atoms with Crippen molar-refractivity contribution >= 4 is 17.6 Å². The number of benzene rings is 1. The molecule has 1 aromatic rings. The minimum absolute atomic E-state index is 0.232. The van der Waals surface area contributed by atoms with E-state index in [2.05, 4.69) is 6.58 Å². The molecule has 1 atom stereocenters. The van der Waals surface area contributed by atoms with Crippen molar-refractivity contribution in [3.8, 4) is 0 Å². The van der Waals surface area contributed by atoms with Crippen molar-refractivity contribution in [2.45, 2.75) is 19.3 Å². The van der Waals surface area contributed by atoms with Crippen LogP contribution < -0.4 is 0 Å². The number of rotatable bonds is 5. The van der Waals surface area contributed by atoms with Crippen molar-refractivity contribution in [1.29, 1.82) is 0 Å². The molecule has 0 N–H and O–H groups in total. The summed E-state index contributed by atoms with van der Waals surface area (Å²) >= 11 is 5.89. The van der Waals surface area contributed by atoms with Crippen molar-refractivity contribution < 1.29 is 9.53 Å². The molecule has 16 heavy (non-hydrogen) atoms. The molecule has 0 saturated carbocycles. The van der Waals surface area contributed by atoms with Gasteiger partial charge >= 0.3 is 5.97 Å². The smallest absolute Gasteiger partial charge is 0.313 e. The van der Waals surface area contributed by atoms with Crippen LogP contribution in [0.15, 0.2) is 36.9 Å². The first-order valence-electron chi connectivity index (χ1n) is 5.22. The lowest BCUT2D eigenvalue weighted by Crippen LogP contribution is -2.15. The lowest BCUT2D eigenvalue weighted by molar-refractivity contribution is -0.144. The number of halogens is 1. The van der Waals surface area contributed by atoms with Crippen LogP contribution in [0.3, 0.4) is 0 Å². The third-order valence-corrected chi connectivity index (χ3v) is 2.46. The predicted molar refractivity (Wildman–Crippen MR) is 65.6 cm³/mol. The molecule has 0 aromatic heterocycles. The molecule has 0 heterocycles. The van der Waals surface area contributed by atoms with E-state index < -0.39 is 0 Å². The summed E-state index contributed by atoms with van der Waals surface area (Å²) < 4.78 is 5.02. The van der Waals surface area contributed by atoms with Gasteiger partial charge in [-0.15, -0.1) is 6.58 Å². The summed E-state index contributed by atoms with van der Waals surface area (Å²) in [6.07, 6.45) is 2.27. The highest BCUT2D eigenvalue weighted by atomic mass is 35.5. The average Bonchev–Trinajstić information content (AvgIpc) is 2.26. The third-order valence-electron chi connectivity index (χ3n) is 2.22. The standard InChI is InChI=1S/C13H15ClO2/c1-3-6-12(13(15)16-4-2)10-7-5-8-11(14)9-10/h3,5,7-9,12H,1,4,6H2,2H3. The van der Waals surface area contributed by atoms with E-state index in [1.165, 1.54) is 0 Å². The third kappa shape index (κ3) is 3.38. The normalized spacial score (nSPS) is 11.9. The second kappa shape index (κ2) is 6.33. The number of hydrogen-bond donors (Lipinski definition) is 0. The molecule has 86 valence electrons. The molecule has 2 nitrogen and oxygen atoms in total. The van der Waals surface area contributed by atoms with Crippen LogP contribution in [-0.2, 0) is 9.53 Å². The number of carbonyl (C=O) groups is 1. The Morgan fingerprint density at radius 3 is 2.94 bits per heavy atom. The Labute approximate surface area is 101 Å². The largest absolute Gasteiger partial charge is 0.466 e. The van der Waals surface area contributed by atoms with E-state index in [0.29, 0.717) is 18.1 Å². The summed E-state index contributed by atoms with van der Waals surface area (Å²) in [5.74, 6) is -0.541. The first kappa shape index (κ1) is 12.8. The van der Waals surface area contributed by atoms with Crippen molar-refractivity contribution in [2.24, 2.45) is 0 Å². The minimum atomic E-state index is -0.309. The Kier molecular flexibility index (Phi) is 5.06. The van der Waals surface area contributed by atoms with Gasteiger partial charge in [0.15, 0.2) is 0 Å². The fourth-order valence-corrected chi connectivity index (χ4v) is 1.70. The molecule has 0 spiro atoms. The predicted octanol–water partition coefficient (Wildman–Crippen LogP) is 3.56. The summed E-state index contributed by atoms with van der Waals surface area (Å²) in [4.78, 5) is 11.7. The van der Waals surface area contributed by atoms with Crippen molar-refractivity contribution in [1.82, 2.24) is 0 Å². The highest BCUT2D eigenvalue weighted by Gasteiger charge is 2.20. The summed E-state index contributed by atoms with van der Waals surface area (Å²) in [6.45, 7) is 5.82. The molecule has 0 bridgehead atoms. The number of esters is 1. The number of allylic oxidation sites excluding steroid dienone is 1. The molecule has 1 aromatic carbocycles. The number of hydrogen-bond acceptors (Lipinski definition) is 2. The van der Waals surface area contributed by atoms with Crippen LogP contribution in [0.2, 0.25) is 5.02 Å². The van der Waals surface area contributed by atoms with Crippen molar-refractivity contribution in [2.75, 3.05) is 6.61 Å². The molecular formula is C13H15ClO2. The molecule has 0 amide bonds. The first-order chi connectivity index (χ1) is 7.69. The Balaban J connectivity index is 2.92. The summed E-state index contributed by atoms with van der Waals surface area (Å²) in [5, 5.41) is 0.621. The fourth-order valence-electron chi connectivity index (χ4n) is 1.50. The summed E-state index contributed by atoms with van der Waals surface area (Å²) in [5.41, 5.74) is 0.867. The van der Waals surface area contributed by atoms with Crippen LogP contribution in [-0.4, -0.2) is 12.6 Å². The second-order valence-electron chi connectivity index (χ2n) is 3.38. The van der Waals surface area contributed by atoms with Gasteiger partial charge in [-0.2, -0.15) is 0 Å². The van der Waals surface area contributed by atoms with E-state index >= 15 is 0 Å². The SMILES string of the molecule is C=CCC(C(=O)OCC)c1cccc(Cl)c1. The minimum Gasteiger partial charge on any atom is -0.466 e. The lowest BCUT2D eigenvalue weighted by atomic mass is 9.96. The maximum Gasteiger partial charge on any atom is 0.313 e. The zero-order valence-corrected chi connectivity index (χ0v) is 10.0. The Bertz CT molecular complexity index is 374. The first-order valence-corrected chi connectivity index (χ1v) is 5.59. The highest BCUT2D eigenvalue weighted by Crippen LogP contribution is 2.24. The zero-order chi connectivity index (χ0) is 12.0.